The summed E-state index contributed by atoms with van der Waals surface area (Å²) in [5.41, 5.74) is 16.6. The molecule has 0 aliphatic carbocycles. The van der Waals surface area contributed by atoms with Crippen LogP contribution in [-0.4, -0.2) is 147 Å². The van der Waals surface area contributed by atoms with Gasteiger partial charge in [0.25, 0.3) is 11.8 Å². The van der Waals surface area contributed by atoms with Gasteiger partial charge in [-0.15, -0.1) is 10.2 Å². The lowest BCUT2D eigenvalue weighted by Crippen LogP contribution is -2.37. The SMILES string of the molecule is COC1C(OC)[C@@H](COC(=O)c2cc[nH]c2N)O[C@H]1n1cnc(C(N)=O)n1.COC1C(OC)[C@@H](COC(=O)c2ncccc2CO)O[C@H]1n1cnc(C(N)=O)n1. The highest BCUT2D eigenvalue weighted by atomic mass is 16.6. The monoisotopic (exact) mass is 787 g/mol. The molecule has 0 aromatic carbocycles. The molecule has 6 heterocycles. The molecule has 2 aliphatic rings. The van der Waals surface area contributed by atoms with Gasteiger partial charge >= 0.3 is 11.9 Å². The molecule has 2 fully saturated rings. The predicted octanol–water partition coefficient (Wildman–Crippen LogP) is -1.88. The maximum atomic E-state index is 12.4. The summed E-state index contributed by atoms with van der Waals surface area (Å²) < 4.78 is 46.8. The van der Waals surface area contributed by atoms with Gasteiger partial charge in [-0.2, -0.15) is 0 Å². The van der Waals surface area contributed by atoms with Gasteiger partial charge in [0, 0.05) is 46.4 Å². The second-order valence-electron chi connectivity index (χ2n) is 11.9. The number of pyridine rings is 1. The first kappa shape index (κ1) is 41.3. The molecule has 8 N–H and O–H groups in total. The summed E-state index contributed by atoms with van der Waals surface area (Å²) in [6.07, 6.45) is 0.337. The number of anilines is 1. The van der Waals surface area contributed by atoms with Gasteiger partial charge in [0.2, 0.25) is 11.6 Å². The van der Waals surface area contributed by atoms with E-state index in [1.54, 1.807) is 12.1 Å². The second kappa shape index (κ2) is 18.6. The Kier molecular flexibility index (Phi) is 13.7. The number of aromatic amines is 1. The number of H-pyrrole nitrogens is 1. The van der Waals surface area contributed by atoms with Crippen LogP contribution in [0.15, 0.2) is 43.2 Å². The molecule has 8 atom stereocenters. The molecule has 2 aliphatic heterocycles. The van der Waals surface area contributed by atoms with Crippen molar-refractivity contribution < 1.29 is 62.2 Å². The van der Waals surface area contributed by atoms with Crippen molar-refractivity contribution in [2.24, 2.45) is 11.5 Å². The minimum Gasteiger partial charge on any atom is -0.459 e. The number of nitrogen functional groups attached to an aromatic ring is 1. The topological polar surface area (TPSA) is 331 Å². The summed E-state index contributed by atoms with van der Waals surface area (Å²) in [4.78, 5) is 61.2. The summed E-state index contributed by atoms with van der Waals surface area (Å²) in [7, 11) is 5.90. The largest absolute Gasteiger partial charge is 0.459 e. The highest BCUT2D eigenvalue weighted by Gasteiger charge is 2.49. The number of nitrogens with two attached hydrogens (primary N) is 3. The molecule has 24 heteroatoms. The number of rotatable bonds is 15. The van der Waals surface area contributed by atoms with Gasteiger partial charge in [-0.1, -0.05) is 6.07 Å². The van der Waals surface area contributed by atoms with Crippen molar-refractivity contribution in [2.75, 3.05) is 47.4 Å². The van der Waals surface area contributed by atoms with Gasteiger partial charge in [-0.25, -0.2) is 33.9 Å². The maximum absolute atomic E-state index is 12.4. The van der Waals surface area contributed by atoms with E-state index in [1.807, 2.05) is 0 Å². The van der Waals surface area contributed by atoms with E-state index in [0.29, 0.717) is 5.56 Å². The van der Waals surface area contributed by atoms with Crippen LogP contribution in [0.5, 0.6) is 0 Å². The minimum absolute atomic E-state index is 0.0178. The Bertz CT molecular complexity index is 1970. The second-order valence-corrected chi connectivity index (χ2v) is 11.9. The average molecular weight is 788 g/mol. The van der Waals surface area contributed by atoms with Crippen LogP contribution in [0.4, 0.5) is 5.82 Å². The van der Waals surface area contributed by atoms with Gasteiger partial charge in [0.15, 0.2) is 18.1 Å². The molecule has 0 bridgehead atoms. The standard InChI is InChI=1S/C17H21N5O7.C15H20N6O6/c1-26-12-10(7-28-17(25)11-9(6-23)4-3-5-19-11)29-16(13(12)27-2)22-8-20-15(21-22)14(18)24;1-24-9-8(5-26-15(23)7-3-4-18-11(7)16)27-14(10(9)25-2)21-6-19-13(20-21)12(17)22/h3-5,8,10,12-13,16,23H,6-7H2,1-2H3,(H2,18,24);3-4,6,8-10,14,18H,5,16H2,1-2H3,(H2,17,22)/t10-,12?,13?,16-;8-,9?,10?,14-/m11/s1. The fourth-order valence-electron chi connectivity index (χ4n) is 5.98. The van der Waals surface area contributed by atoms with Gasteiger partial charge in [-0.05, 0) is 12.1 Å². The van der Waals surface area contributed by atoms with E-state index in [-0.39, 0.29) is 48.5 Å². The van der Waals surface area contributed by atoms with Crippen LogP contribution in [0.25, 0.3) is 0 Å². The third-order valence-corrected chi connectivity index (χ3v) is 8.65. The molecule has 56 heavy (non-hydrogen) atoms. The van der Waals surface area contributed by atoms with Crippen molar-refractivity contribution in [1.29, 1.82) is 0 Å². The fourth-order valence-corrected chi connectivity index (χ4v) is 5.98. The number of hydrogen-bond acceptors (Lipinski definition) is 19. The van der Waals surface area contributed by atoms with Crippen LogP contribution >= 0.6 is 0 Å². The summed E-state index contributed by atoms with van der Waals surface area (Å²) in [5, 5.41) is 17.3. The third kappa shape index (κ3) is 8.97. The molecule has 0 radical (unpaired) electrons. The zero-order valence-corrected chi connectivity index (χ0v) is 30.5. The van der Waals surface area contributed by atoms with Crippen molar-refractivity contribution in [3.8, 4) is 0 Å². The molecule has 6 rings (SSSR count). The Balaban J connectivity index is 0.000000215. The summed E-state index contributed by atoms with van der Waals surface area (Å²) >= 11 is 0. The fraction of sp³-hybridized carbons (Fsp3) is 0.469. The van der Waals surface area contributed by atoms with Crippen LogP contribution in [0.2, 0.25) is 0 Å². The first-order chi connectivity index (χ1) is 26.9. The lowest BCUT2D eigenvalue weighted by Gasteiger charge is -2.21. The molecule has 4 aromatic heterocycles. The number of primary amides is 2. The smallest absolute Gasteiger partial charge is 0.357 e. The van der Waals surface area contributed by atoms with E-state index in [4.69, 9.17) is 55.1 Å². The van der Waals surface area contributed by atoms with Crippen LogP contribution in [0, 0.1) is 0 Å². The average Bonchev–Trinajstić information content (AvgIpc) is 4.05. The van der Waals surface area contributed by atoms with Crippen molar-refractivity contribution in [2.45, 2.75) is 55.7 Å². The molecule has 24 nitrogen and oxygen atoms in total. The minimum atomic E-state index is -0.780. The quantitative estimate of drug-likeness (QED) is 0.0823. The van der Waals surface area contributed by atoms with E-state index >= 15 is 0 Å². The number of carbonyl (C=O) groups is 4. The molecule has 4 unspecified atom stereocenters. The van der Waals surface area contributed by atoms with E-state index in [0.717, 1.165) is 0 Å². The van der Waals surface area contributed by atoms with Crippen molar-refractivity contribution >= 4 is 29.6 Å². The molecule has 0 spiro atoms. The summed E-state index contributed by atoms with van der Waals surface area (Å²) in [6.45, 7) is -0.608. The van der Waals surface area contributed by atoms with Crippen molar-refractivity contribution in [1.82, 2.24) is 39.5 Å². The van der Waals surface area contributed by atoms with Crippen LogP contribution < -0.4 is 17.2 Å². The van der Waals surface area contributed by atoms with Crippen LogP contribution in [-0.2, 0) is 44.5 Å². The molecule has 0 saturated carbocycles. The first-order valence-corrected chi connectivity index (χ1v) is 16.6. The van der Waals surface area contributed by atoms with Gasteiger partial charge in [-0.3, -0.25) is 9.59 Å². The number of esters is 2. The molecular weight excluding hydrogens is 746 g/mol. The van der Waals surface area contributed by atoms with E-state index in [2.05, 4.69) is 30.1 Å². The number of carbonyl (C=O) groups excluding carboxylic acids is 4. The van der Waals surface area contributed by atoms with Crippen molar-refractivity contribution in [3.63, 3.8) is 0 Å². The Hall–Kier alpha value is -5.89. The van der Waals surface area contributed by atoms with Crippen LogP contribution in [0.1, 0.15) is 60.1 Å². The highest BCUT2D eigenvalue weighted by Crippen LogP contribution is 2.34. The predicted molar refractivity (Wildman–Crippen MR) is 184 cm³/mol. The van der Waals surface area contributed by atoms with Crippen LogP contribution in [0.3, 0.4) is 0 Å². The zero-order chi connectivity index (χ0) is 40.5. The summed E-state index contributed by atoms with van der Waals surface area (Å²) in [5.74, 6) is -2.95. The zero-order valence-electron chi connectivity index (χ0n) is 30.5. The first-order valence-electron chi connectivity index (χ1n) is 16.6. The Morgan fingerprint density at radius 1 is 0.768 bits per heavy atom. The van der Waals surface area contributed by atoms with Gasteiger partial charge < -0.3 is 65.2 Å². The molecular formula is C32H41N11O13. The third-order valence-electron chi connectivity index (χ3n) is 8.65. The van der Waals surface area contributed by atoms with Crippen molar-refractivity contribution in [3.05, 3.63) is 71.7 Å². The number of methoxy groups -OCH3 is 4. The summed E-state index contributed by atoms with van der Waals surface area (Å²) in [6, 6.07) is 4.70. The Morgan fingerprint density at radius 2 is 1.27 bits per heavy atom. The maximum Gasteiger partial charge on any atom is 0.357 e. The van der Waals surface area contributed by atoms with Gasteiger partial charge in [0.05, 0.1) is 6.61 Å². The lowest BCUT2D eigenvalue weighted by atomic mass is 10.1. The van der Waals surface area contributed by atoms with E-state index in [1.165, 1.54) is 68.9 Å². The lowest BCUT2D eigenvalue weighted by molar-refractivity contribution is -0.0695. The van der Waals surface area contributed by atoms with E-state index < -0.39 is 72.8 Å². The number of nitrogens with zero attached hydrogens (tertiary/aromatic N) is 7. The molecule has 2 amide bonds. The number of aliphatic hydroxyl groups is 1. The Labute approximate surface area is 317 Å². The molecule has 2 saturated heterocycles. The number of aromatic nitrogens is 8. The number of amides is 2. The normalized spacial score (nSPS) is 24.3. The number of ether oxygens (including phenoxy) is 8. The molecule has 302 valence electrons. The number of hydrogen-bond donors (Lipinski definition) is 5. The number of aliphatic hydroxyl groups excluding tert-OH is 1. The van der Waals surface area contributed by atoms with Gasteiger partial charge in [0.1, 0.15) is 73.9 Å². The Morgan fingerprint density at radius 3 is 1.68 bits per heavy atom. The number of nitrogens with one attached hydrogen (secondary N) is 1. The molecule has 4 aromatic rings. The van der Waals surface area contributed by atoms with E-state index in [9.17, 15) is 24.3 Å². The highest BCUT2D eigenvalue weighted by molar-refractivity contribution is 5.94.